The van der Waals surface area contributed by atoms with Crippen LogP contribution in [0, 0.1) is 5.82 Å². The highest BCUT2D eigenvalue weighted by molar-refractivity contribution is 7.08. The zero-order valence-electron chi connectivity index (χ0n) is 6.70. The van der Waals surface area contributed by atoms with E-state index in [4.69, 9.17) is 5.73 Å². The molecule has 0 spiro atoms. The van der Waals surface area contributed by atoms with Crippen LogP contribution in [-0.4, -0.2) is 4.98 Å². The molecule has 0 amide bonds. The van der Waals surface area contributed by atoms with Gasteiger partial charge in [-0.1, -0.05) is 0 Å². The summed E-state index contributed by atoms with van der Waals surface area (Å²) in [5.74, 6) is -0.525. The molecular formula is C9H7FN2S. The molecule has 0 aliphatic heterocycles. The first-order chi connectivity index (χ1) is 6.27. The molecule has 2 aromatic rings. The molecule has 0 aliphatic rings. The summed E-state index contributed by atoms with van der Waals surface area (Å²) in [4.78, 5) is 3.74. The lowest BCUT2D eigenvalue weighted by molar-refractivity contribution is 0.628. The Labute approximate surface area is 78.9 Å². The molecule has 66 valence electrons. The molecule has 2 rings (SSSR count). The second-order valence-corrected chi connectivity index (χ2v) is 3.38. The summed E-state index contributed by atoms with van der Waals surface area (Å²) in [5.41, 5.74) is 6.98. The van der Waals surface area contributed by atoms with E-state index in [0.717, 1.165) is 11.1 Å². The Balaban J connectivity index is 2.49. The van der Waals surface area contributed by atoms with E-state index >= 15 is 0 Å². The van der Waals surface area contributed by atoms with Crippen LogP contribution in [0.15, 0.2) is 29.1 Å². The molecule has 0 radical (unpaired) electrons. The number of nitrogens with two attached hydrogens (primary N) is 1. The Bertz CT molecular complexity index is 412. The molecule has 2 aromatic heterocycles. The molecule has 13 heavy (non-hydrogen) atoms. The first-order valence-electron chi connectivity index (χ1n) is 3.71. The number of nitrogens with zero attached hydrogens (tertiary/aromatic N) is 1. The number of nitrogen functional groups attached to an aromatic ring is 1. The monoisotopic (exact) mass is 194 g/mol. The van der Waals surface area contributed by atoms with Gasteiger partial charge in [0.25, 0.3) is 0 Å². The van der Waals surface area contributed by atoms with Gasteiger partial charge in [0.2, 0.25) is 0 Å². The van der Waals surface area contributed by atoms with Gasteiger partial charge in [0, 0.05) is 11.8 Å². The Morgan fingerprint density at radius 1 is 1.38 bits per heavy atom. The minimum atomic E-state index is -0.469. The van der Waals surface area contributed by atoms with Gasteiger partial charge in [-0.2, -0.15) is 11.3 Å². The number of rotatable bonds is 1. The van der Waals surface area contributed by atoms with Crippen molar-refractivity contribution in [2.45, 2.75) is 0 Å². The van der Waals surface area contributed by atoms with E-state index < -0.39 is 5.82 Å². The summed E-state index contributed by atoms with van der Waals surface area (Å²) in [7, 11) is 0. The molecule has 0 saturated heterocycles. The Kier molecular flexibility index (Phi) is 1.98. The fourth-order valence-corrected chi connectivity index (χ4v) is 1.70. The average Bonchev–Trinajstić information content (AvgIpc) is 2.62. The maximum Gasteiger partial charge on any atom is 0.165 e. The number of aromatic nitrogens is 1. The molecule has 2 nitrogen and oxygen atoms in total. The van der Waals surface area contributed by atoms with Crippen LogP contribution in [0.25, 0.3) is 11.1 Å². The number of hydrogen-bond donors (Lipinski definition) is 1. The molecule has 0 bridgehead atoms. The predicted octanol–water partition coefficient (Wildman–Crippen LogP) is 2.53. The highest BCUT2D eigenvalue weighted by Crippen LogP contribution is 2.23. The predicted molar refractivity (Wildman–Crippen MR) is 51.9 cm³/mol. The third-order valence-corrected chi connectivity index (χ3v) is 2.41. The van der Waals surface area contributed by atoms with Gasteiger partial charge in [-0.3, -0.25) is 0 Å². The van der Waals surface area contributed by atoms with Crippen LogP contribution < -0.4 is 5.73 Å². The Morgan fingerprint density at radius 2 is 2.23 bits per heavy atom. The van der Waals surface area contributed by atoms with Crippen LogP contribution in [0.1, 0.15) is 0 Å². The lowest BCUT2D eigenvalue weighted by Crippen LogP contribution is -1.94. The summed E-state index contributed by atoms with van der Waals surface area (Å²) in [6.45, 7) is 0. The van der Waals surface area contributed by atoms with Crippen molar-refractivity contribution in [3.05, 3.63) is 34.9 Å². The van der Waals surface area contributed by atoms with Crippen molar-refractivity contribution in [1.82, 2.24) is 4.98 Å². The van der Waals surface area contributed by atoms with E-state index in [0.29, 0.717) is 0 Å². The zero-order chi connectivity index (χ0) is 9.26. The Morgan fingerprint density at radius 3 is 2.85 bits per heavy atom. The van der Waals surface area contributed by atoms with Gasteiger partial charge in [-0.25, -0.2) is 9.37 Å². The van der Waals surface area contributed by atoms with Gasteiger partial charge in [-0.15, -0.1) is 0 Å². The summed E-state index contributed by atoms with van der Waals surface area (Å²) < 4.78 is 13.0. The molecule has 0 unspecified atom stereocenters. The van der Waals surface area contributed by atoms with Crippen LogP contribution in [0.5, 0.6) is 0 Å². The molecule has 0 aromatic carbocycles. The topological polar surface area (TPSA) is 38.9 Å². The number of thiophene rings is 1. The highest BCUT2D eigenvalue weighted by atomic mass is 32.1. The third kappa shape index (κ3) is 1.53. The summed E-state index contributed by atoms with van der Waals surface area (Å²) in [6, 6.07) is 3.31. The van der Waals surface area contributed by atoms with Gasteiger partial charge in [0.15, 0.2) is 11.6 Å². The minimum absolute atomic E-state index is 0.0565. The van der Waals surface area contributed by atoms with E-state index in [1.54, 1.807) is 17.5 Å². The van der Waals surface area contributed by atoms with E-state index in [1.165, 1.54) is 6.07 Å². The molecule has 0 atom stereocenters. The van der Waals surface area contributed by atoms with Gasteiger partial charge in [0.05, 0.1) is 0 Å². The standard InChI is InChI=1S/C9H7FN2S/c10-8-3-7(4-12-9(8)11)6-1-2-13-5-6/h1-5H,(H2,11,12). The van der Waals surface area contributed by atoms with Crippen LogP contribution in [0.4, 0.5) is 10.2 Å². The molecular weight excluding hydrogens is 187 g/mol. The van der Waals surface area contributed by atoms with Crippen LogP contribution >= 0.6 is 11.3 Å². The van der Waals surface area contributed by atoms with Crippen molar-refractivity contribution in [2.24, 2.45) is 0 Å². The normalized spacial score (nSPS) is 10.2. The summed E-state index contributed by atoms with van der Waals surface area (Å²) in [6.07, 6.45) is 1.57. The van der Waals surface area contributed by atoms with Crippen molar-refractivity contribution in [3.8, 4) is 11.1 Å². The smallest absolute Gasteiger partial charge is 0.165 e. The Hall–Kier alpha value is -1.42. The van der Waals surface area contributed by atoms with Gasteiger partial charge in [0.1, 0.15) is 0 Å². The van der Waals surface area contributed by atoms with Crippen LogP contribution in [-0.2, 0) is 0 Å². The second kappa shape index (κ2) is 3.14. The number of hydrogen-bond acceptors (Lipinski definition) is 3. The molecule has 4 heteroatoms. The third-order valence-electron chi connectivity index (χ3n) is 1.72. The molecule has 2 N–H and O–H groups in total. The van der Waals surface area contributed by atoms with Crippen LogP contribution in [0.3, 0.4) is 0 Å². The average molecular weight is 194 g/mol. The van der Waals surface area contributed by atoms with Gasteiger partial charge < -0.3 is 5.73 Å². The summed E-state index contributed by atoms with van der Waals surface area (Å²) in [5, 5.41) is 3.87. The van der Waals surface area contributed by atoms with Crippen LogP contribution in [0.2, 0.25) is 0 Å². The largest absolute Gasteiger partial charge is 0.381 e. The van der Waals surface area contributed by atoms with Gasteiger partial charge in [-0.05, 0) is 28.5 Å². The zero-order valence-corrected chi connectivity index (χ0v) is 7.51. The minimum Gasteiger partial charge on any atom is -0.381 e. The molecule has 2 heterocycles. The fourth-order valence-electron chi connectivity index (χ4n) is 1.04. The molecule has 0 aliphatic carbocycles. The quantitative estimate of drug-likeness (QED) is 0.757. The first-order valence-corrected chi connectivity index (χ1v) is 4.65. The van der Waals surface area contributed by atoms with Crippen molar-refractivity contribution < 1.29 is 4.39 Å². The number of pyridine rings is 1. The lowest BCUT2D eigenvalue weighted by Gasteiger charge is -1.98. The van der Waals surface area contributed by atoms with Crippen molar-refractivity contribution in [2.75, 3.05) is 5.73 Å². The highest BCUT2D eigenvalue weighted by Gasteiger charge is 2.03. The van der Waals surface area contributed by atoms with Gasteiger partial charge >= 0.3 is 0 Å². The SMILES string of the molecule is Nc1ncc(-c2ccsc2)cc1F. The summed E-state index contributed by atoms with van der Waals surface area (Å²) >= 11 is 1.56. The number of anilines is 1. The fraction of sp³-hybridized carbons (Fsp3) is 0. The number of halogens is 1. The second-order valence-electron chi connectivity index (χ2n) is 2.60. The maximum absolute atomic E-state index is 13.0. The van der Waals surface area contributed by atoms with E-state index in [2.05, 4.69) is 4.98 Å². The van der Waals surface area contributed by atoms with Crippen molar-refractivity contribution in [1.29, 1.82) is 0 Å². The van der Waals surface area contributed by atoms with Crippen molar-refractivity contribution in [3.63, 3.8) is 0 Å². The maximum atomic E-state index is 13.0. The molecule has 0 saturated carbocycles. The lowest BCUT2D eigenvalue weighted by atomic mass is 10.1. The molecule has 0 fully saturated rings. The van der Waals surface area contributed by atoms with E-state index in [9.17, 15) is 4.39 Å². The van der Waals surface area contributed by atoms with E-state index in [1.807, 2.05) is 16.8 Å². The van der Waals surface area contributed by atoms with Crippen molar-refractivity contribution >= 4 is 17.2 Å². The van der Waals surface area contributed by atoms with E-state index in [-0.39, 0.29) is 5.82 Å². The first kappa shape index (κ1) is 8.19.